The van der Waals surface area contributed by atoms with Gasteiger partial charge in [0.2, 0.25) is 17.7 Å². The molecule has 0 bridgehead atoms. The fraction of sp³-hybridized carbons (Fsp3) is 0.360. The second-order valence-corrected chi connectivity index (χ2v) is 8.33. The third-order valence-corrected chi connectivity index (χ3v) is 6.06. The predicted molar refractivity (Wildman–Crippen MR) is 119 cm³/mol. The van der Waals surface area contributed by atoms with Crippen LogP contribution in [-0.2, 0) is 38.8 Å². The summed E-state index contributed by atoms with van der Waals surface area (Å²) in [7, 11) is 0. The first-order valence-electron chi connectivity index (χ1n) is 12.6. The van der Waals surface area contributed by atoms with Crippen LogP contribution in [-0.4, -0.2) is 59.2 Å². The Kier molecular flexibility index (Phi) is 5.09. The minimum absolute atomic E-state index is 0.0112. The maximum atomic E-state index is 13.2. The lowest BCUT2D eigenvalue weighted by atomic mass is 10.0. The van der Waals surface area contributed by atoms with Gasteiger partial charge in [-0.1, -0.05) is 30.3 Å². The molecule has 2 aromatic carbocycles. The Balaban J connectivity index is 1.34. The van der Waals surface area contributed by atoms with Crippen molar-refractivity contribution in [3.63, 3.8) is 0 Å². The zero-order valence-electron chi connectivity index (χ0n) is 21.3. The molecule has 0 aromatic heterocycles. The summed E-state index contributed by atoms with van der Waals surface area (Å²) < 4.78 is 36.4. The third kappa shape index (κ3) is 4.38. The van der Waals surface area contributed by atoms with Gasteiger partial charge < -0.3 is 19.3 Å². The van der Waals surface area contributed by atoms with Gasteiger partial charge in [0.05, 0.1) is 17.2 Å². The average molecular weight is 467 g/mol. The summed E-state index contributed by atoms with van der Waals surface area (Å²) in [6.45, 7) is 0.293. The monoisotopic (exact) mass is 466 g/mol. The molecule has 34 heavy (non-hydrogen) atoms. The molecule has 2 aromatic rings. The fourth-order valence-corrected chi connectivity index (χ4v) is 4.20. The van der Waals surface area contributed by atoms with Gasteiger partial charge in [0.15, 0.2) is 0 Å². The summed E-state index contributed by atoms with van der Waals surface area (Å²) in [6.07, 6.45) is 0.124. The smallest absolute Gasteiger partial charge is 0.255 e. The molecule has 3 heterocycles. The Morgan fingerprint density at radius 2 is 1.94 bits per heavy atom. The minimum atomic E-state index is -1.36. The van der Waals surface area contributed by atoms with Crippen LogP contribution in [0.25, 0.3) is 0 Å². The van der Waals surface area contributed by atoms with Crippen molar-refractivity contribution in [2.45, 2.75) is 38.6 Å². The standard InChI is InChI=1S/C25H25N3O6/c29-22-9-8-20(24(31)26-22)28-13-19-18(25(28)32)2-1-3-21(19)34-14-17-6-4-16(5-7-17)12-27-10-11-33-15-23(27)30/h1-7,20H,8-15H2,(H,26,29,31)/i2D,3D,13D. The number of hydrogen-bond acceptors (Lipinski definition) is 6. The molecular formula is C25H25N3O6. The minimum Gasteiger partial charge on any atom is -0.489 e. The maximum absolute atomic E-state index is 13.2. The van der Waals surface area contributed by atoms with Crippen molar-refractivity contribution in [2.24, 2.45) is 0 Å². The highest BCUT2D eigenvalue weighted by molar-refractivity contribution is 6.05. The number of piperidine rings is 1. The molecular weight excluding hydrogens is 438 g/mol. The van der Waals surface area contributed by atoms with E-state index in [4.69, 9.17) is 13.6 Å². The van der Waals surface area contributed by atoms with Gasteiger partial charge in [-0.05, 0) is 29.6 Å². The molecule has 1 N–H and O–H groups in total. The van der Waals surface area contributed by atoms with Crippen molar-refractivity contribution >= 4 is 23.6 Å². The van der Waals surface area contributed by atoms with Gasteiger partial charge in [0.1, 0.15) is 25.0 Å². The van der Waals surface area contributed by atoms with Crippen LogP contribution in [0.5, 0.6) is 5.75 Å². The zero-order valence-corrected chi connectivity index (χ0v) is 18.3. The Morgan fingerprint density at radius 1 is 1.15 bits per heavy atom. The van der Waals surface area contributed by atoms with Crippen LogP contribution in [0.15, 0.2) is 42.4 Å². The zero-order chi connectivity index (χ0) is 26.3. The number of carbonyl (C=O) groups excluding carboxylic acids is 4. The molecule has 3 aliphatic heterocycles. The molecule has 2 fully saturated rings. The van der Waals surface area contributed by atoms with Crippen molar-refractivity contribution in [3.05, 3.63) is 64.7 Å². The second kappa shape index (κ2) is 9.26. The molecule has 2 saturated heterocycles. The number of hydrogen-bond donors (Lipinski definition) is 1. The molecule has 2 unspecified atom stereocenters. The number of benzene rings is 2. The van der Waals surface area contributed by atoms with Crippen molar-refractivity contribution < 1.29 is 32.8 Å². The number of morpholine rings is 1. The highest BCUT2D eigenvalue weighted by atomic mass is 16.5. The highest BCUT2D eigenvalue weighted by Crippen LogP contribution is 2.34. The molecule has 0 aliphatic carbocycles. The van der Waals surface area contributed by atoms with Crippen LogP contribution in [0, 0.1) is 0 Å². The summed E-state index contributed by atoms with van der Waals surface area (Å²) in [5, 5.41) is 2.20. The molecule has 5 rings (SSSR count). The van der Waals surface area contributed by atoms with Crippen LogP contribution >= 0.6 is 0 Å². The SMILES string of the molecule is [2H]c1cc([2H])c2c(c1OCc1ccc(CN3CCOCC3=O)cc1)C([2H])N(C1CCC(=O)NC1=O)C2=O. The van der Waals surface area contributed by atoms with E-state index in [0.717, 1.165) is 16.0 Å². The summed E-state index contributed by atoms with van der Waals surface area (Å²) in [6, 6.07) is 7.24. The molecule has 2 atom stereocenters. The summed E-state index contributed by atoms with van der Waals surface area (Å²) in [4.78, 5) is 51.9. The number of ether oxygens (including phenoxy) is 2. The molecule has 0 saturated carbocycles. The molecule has 9 nitrogen and oxygen atoms in total. The van der Waals surface area contributed by atoms with E-state index in [-0.39, 0.29) is 60.9 Å². The van der Waals surface area contributed by atoms with Gasteiger partial charge in [-0.2, -0.15) is 0 Å². The summed E-state index contributed by atoms with van der Waals surface area (Å²) >= 11 is 0. The van der Waals surface area contributed by atoms with E-state index in [9.17, 15) is 19.2 Å². The maximum Gasteiger partial charge on any atom is 0.255 e. The molecule has 0 radical (unpaired) electrons. The van der Waals surface area contributed by atoms with Gasteiger partial charge in [0, 0.05) is 30.6 Å². The van der Waals surface area contributed by atoms with Crippen molar-refractivity contribution in [3.8, 4) is 5.75 Å². The molecule has 176 valence electrons. The van der Waals surface area contributed by atoms with Gasteiger partial charge in [-0.15, -0.1) is 0 Å². The Morgan fingerprint density at radius 3 is 2.71 bits per heavy atom. The summed E-state index contributed by atoms with van der Waals surface area (Å²) in [5.41, 5.74) is 1.72. The molecule has 4 amide bonds. The van der Waals surface area contributed by atoms with Crippen molar-refractivity contribution in [1.29, 1.82) is 0 Å². The molecule has 3 aliphatic rings. The second-order valence-electron chi connectivity index (χ2n) is 8.33. The first kappa shape index (κ1) is 18.7. The number of carbonyl (C=O) groups is 4. The van der Waals surface area contributed by atoms with Crippen molar-refractivity contribution in [2.75, 3.05) is 19.8 Å². The van der Waals surface area contributed by atoms with Crippen LogP contribution in [0.1, 0.15) is 44.0 Å². The lowest BCUT2D eigenvalue weighted by molar-refractivity contribution is -0.143. The van der Waals surface area contributed by atoms with E-state index in [2.05, 4.69) is 5.32 Å². The van der Waals surface area contributed by atoms with E-state index >= 15 is 0 Å². The first-order chi connectivity index (χ1) is 17.7. The van der Waals surface area contributed by atoms with E-state index in [1.807, 2.05) is 24.3 Å². The quantitative estimate of drug-likeness (QED) is 0.645. The van der Waals surface area contributed by atoms with E-state index in [1.165, 1.54) is 6.07 Å². The van der Waals surface area contributed by atoms with Gasteiger partial charge in [-0.3, -0.25) is 24.5 Å². The Hall–Kier alpha value is -3.72. The van der Waals surface area contributed by atoms with Crippen LogP contribution < -0.4 is 10.1 Å². The largest absolute Gasteiger partial charge is 0.489 e. The first-order valence-corrected chi connectivity index (χ1v) is 11.0. The molecule has 0 spiro atoms. The Labute approximate surface area is 200 Å². The van der Waals surface area contributed by atoms with Crippen LogP contribution in [0.2, 0.25) is 0 Å². The predicted octanol–water partition coefficient (Wildman–Crippen LogP) is 1.39. The topological polar surface area (TPSA) is 105 Å². The van der Waals surface area contributed by atoms with Crippen LogP contribution in [0.3, 0.4) is 0 Å². The van der Waals surface area contributed by atoms with E-state index < -0.39 is 30.3 Å². The van der Waals surface area contributed by atoms with E-state index in [1.54, 1.807) is 4.90 Å². The lowest BCUT2D eigenvalue weighted by Crippen LogP contribution is -2.52. The van der Waals surface area contributed by atoms with E-state index in [0.29, 0.717) is 19.7 Å². The van der Waals surface area contributed by atoms with Crippen LogP contribution in [0.4, 0.5) is 0 Å². The number of nitrogens with one attached hydrogen (secondary N) is 1. The number of rotatable bonds is 6. The number of nitrogens with zero attached hydrogens (tertiary/aromatic N) is 2. The third-order valence-electron chi connectivity index (χ3n) is 6.06. The van der Waals surface area contributed by atoms with Gasteiger partial charge in [-0.25, -0.2) is 0 Å². The fourth-order valence-electron chi connectivity index (χ4n) is 4.20. The number of imide groups is 1. The normalized spacial score (nSPS) is 23.8. The van der Waals surface area contributed by atoms with Crippen molar-refractivity contribution in [1.82, 2.24) is 15.1 Å². The summed E-state index contributed by atoms with van der Waals surface area (Å²) in [5.74, 6) is -1.81. The Bertz CT molecular complexity index is 1290. The number of fused-ring (bicyclic) bond motifs is 1. The molecule has 9 heteroatoms. The lowest BCUT2D eigenvalue weighted by Gasteiger charge is -2.29. The van der Waals surface area contributed by atoms with Gasteiger partial charge in [0.25, 0.3) is 5.91 Å². The van der Waals surface area contributed by atoms with Gasteiger partial charge >= 0.3 is 0 Å². The average Bonchev–Trinajstić information content (AvgIpc) is 3.12. The number of amides is 4. The highest BCUT2D eigenvalue weighted by Gasteiger charge is 2.40.